The highest BCUT2D eigenvalue weighted by molar-refractivity contribution is 7.26. The lowest BCUT2D eigenvalue weighted by Crippen LogP contribution is -2.00. The molecule has 0 bridgehead atoms. The van der Waals surface area contributed by atoms with Crippen LogP contribution in [0.25, 0.3) is 98.8 Å². The van der Waals surface area contributed by atoms with E-state index in [9.17, 15) is 13.7 Å². The second kappa shape index (κ2) is 14.3. The predicted molar refractivity (Wildman–Crippen MR) is 236 cm³/mol. The van der Waals surface area contributed by atoms with Gasteiger partial charge in [0, 0.05) is 36.9 Å². The second-order valence-corrected chi connectivity index (χ2v) is 12.6. The molecule has 0 saturated heterocycles. The molecule has 10 aromatic rings. The molecule has 0 amide bonds. The van der Waals surface area contributed by atoms with Gasteiger partial charge in [0.25, 0.3) is 0 Å². The van der Waals surface area contributed by atoms with Crippen LogP contribution >= 0.6 is 11.3 Å². The van der Waals surface area contributed by atoms with E-state index in [0.29, 0.717) is 11.3 Å². The van der Waals surface area contributed by atoms with Crippen LogP contribution in [0.4, 0.5) is 0 Å². The smallest absolute Gasteiger partial charge is 0.164 e. The summed E-state index contributed by atoms with van der Waals surface area (Å²) in [7, 11) is 0. The molecule has 2 heterocycles. The van der Waals surface area contributed by atoms with E-state index < -0.39 is 292 Å². The second-order valence-electron chi connectivity index (χ2n) is 11.6. The maximum Gasteiger partial charge on any atom is 0.164 e. The molecule has 2 aromatic heterocycles. The lowest BCUT2D eigenvalue weighted by molar-refractivity contribution is 1.07. The minimum atomic E-state index is -1.11. The molecule has 0 aliphatic heterocycles. The van der Waals surface area contributed by atoms with Crippen LogP contribution in [0.3, 0.4) is 0 Å². The first-order valence-corrected chi connectivity index (χ1v) is 17.1. The van der Waals surface area contributed by atoms with Crippen molar-refractivity contribution in [3.8, 4) is 78.7 Å². The monoisotopic (exact) mass is 765 g/mol. The van der Waals surface area contributed by atoms with Crippen molar-refractivity contribution in [2.24, 2.45) is 0 Å². The first kappa shape index (κ1) is 13.9. The summed E-state index contributed by atoms with van der Waals surface area (Å²) in [6, 6.07) is -30.0. The van der Waals surface area contributed by atoms with E-state index in [1.807, 2.05) is 0 Å². The number of fused-ring (bicyclic) bond motifs is 3. The SMILES string of the molecule is [2H]c1c([2H])c([2H])c(-c2nc(-c3c([2H])c([2H])c([2H])c(C)c3[2H])nc(-c3c([2H])c(-c4c([2H])c([2H])c([2H])c([2H])c4[2H])c([2H])c(-c4c([2H])c([2H])c([2H])c5c4sc4c(-c6c([2H])c([2H])c([2H])c(-c7c([2H])c([2H])c([2H])c([2H])c7[2H])c6[2H])c([2H])c([2H])c([2H])c45)c3[2H])n2)c([2H])c1[2H]. The molecule has 0 saturated carbocycles. The molecule has 0 fully saturated rings. The van der Waals surface area contributed by atoms with Crippen molar-refractivity contribution < 1.29 is 43.9 Å². The Morgan fingerprint density at radius 3 is 1.43 bits per heavy atom. The fourth-order valence-corrected chi connectivity index (χ4v) is 6.82. The van der Waals surface area contributed by atoms with Gasteiger partial charge in [0.2, 0.25) is 0 Å². The lowest BCUT2D eigenvalue weighted by Gasteiger charge is -2.13. The van der Waals surface area contributed by atoms with Gasteiger partial charge in [-0.15, -0.1) is 11.3 Å². The largest absolute Gasteiger partial charge is 0.208 e. The first-order chi connectivity index (χ1) is 41.0. The van der Waals surface area contributed by atoms with Crippen LogP contribution in [-0.4, -0.2) is 15.0 Å². The van der Waals surface area contributed by atoms with Gasteiger partial charge in [0.1, 0.15) is 0 Å². The van der Waals surface area contributed by atoms with Crippen LogP contribution in [0.1, 0.15) is 49.4 Å². The standard InChI is InChI=1S/C52H35N3S/c1-34-15-11-24-40(29-34)51-53-50(37-20-9-4-10-21-37)54-52(55-51)43-32-41(36-18-7-3-8-19-36)31-42(33-43)45-26-14-28-47-46-27-13-25-44(48(46)56-49(45)47)39-23-12-22-38(30-39)35-16-5-2-6-17-35/h2-33H,1H3/i2D,3D,4D,5D,6D,7D,8D,9D,10D,11D,12D,13D,14D,15D,16D,17D,18D,19D,20D,21D,22D,23D,24D,25D,26D,27D,28D,29D,30D,31D,32D,33D. The summed E-state index contributed by atoms with van der Waals surface area (Å²) >= 11 is 0.411. The highest BCUT2D eigenvalue weighted by atomic mass is 32.1. The number of benzene rings is 8. The Morgan fingerprint density at radius 2 is 0.768 bits per heavy atom. The van der Waals surface area contributed by atoms with E-state index in [-0.39, 0.29) is 5.56 Å². The number of aromatic nitrogens is 3. The van der Waals surface area contributed by atoms with Crippen LogP contribution in [0.2, 0.25) is 0 Å². The van der Waals surface area contributed by atoms with Crippen molar-refractivity contribution >= 4 is 31.5 Å². The Kier molecular flexibility index (Phi) is 3.57. The van der Waals surface area contributed by atoms with Crippen LogP contribution in [0.5, 0.6) is 0 Å². The fraction of sp³-hybridized carbons (Fsp3) is 0.0192. The summed E-state index contributed by atoms with van der Waals surface area (Å²) in [6.07, 6.45) is 0. The highest BCUT2D eigenvalue weighted by Crippen LogP contribution is 2.45. The molecule has 0 N–H and O–H groups in total. The summed E-state index contributed by atoms with van der Waals surface area (Å²) in [4.78, 5) is 13.1. The molecular weight excluding hydrogens is 699 g/mol. The Bertz CT molecular complexity index is 4700. The van der Waals surface area contributed by atoms with E-state index in [0.717, 1.165) is 0 Å². The van der Waals surface area contributed by atoms with Crippen LogP contribution < -0.4 is 0 Å². The third-order valence-corrected chi connectivity index (χ3v) is 9.27. The van der Waals surface area contributed by atoms with Crippen molar-refractivity contribution in [2.45, 2.75) is 6.92 Å². The Labute approximate surface area is 375 Å². The topological polar surface area (TPSA) is 38.7 Å². The van der Waals surface area contributed by atoms with E-state index >= 15 is 0 Å². The van der Waals surface area contributed by atoms with Crippen molar-refractivity contribution in [3.05, 3.63) is 199 Å². The zero-order chi connectivity index (χ0) is 65.3. The normalized spacial score (nSPS) is 19.3. The van der Waals surface area contributed by atoms with Crippen LogP contribution in [-0.2, 0) is 0 Å². The van der Waals surface area contributed by atoms with Gasteiger partial charge >= 0.3 is 0 Å². The molecule has 10 rings (SSSR count). The van der Waals surface area contributed by atoms with Gasteiger partial charge in [0.15, 0.2) is 17.5 Å². The van der Waals surface area contributed by atoms with E-state index in [2.05, 4.69) is 15.0 Å². The average molecular weight is 766 g/mol. The van der Waals surface area contributed by atoms with Crippen LogP contribution in [0, 0.1) is 6.92 Å². The van der Waals surface area contributed by atoms with Crippen molar-refractivity contribution in [1.29, 1.82) is 0 Å². The molecule has 0 spiro atoms. The molecule has 56 heavy (non-hydrogen) atoms. The summed E-state index contributed by atoms with van der Waals surface area (Å²) in [5.74, 6) is -2.64. The third kappa shape index (κ3) is 6.36. The molecule has 8 aromatic carbocycles. The maximum atomic E-state index is 10.1. The van der Waals surface area contributed by atoms with Gasteiger partial charge in [-0.05, 0) is 81.6 Å². The summed E-state index contributed by atoms with van der Waals surface area (Å²) in [5.41, 5.74) is -9.00. The molecule has 0 aliphatic carbocycles. The number of nitrogens with zero attached hydrogens (tertiary/aromatic N) is 3. The molecule has 0 unspecified atom stereocenters. The Balaban J connectivity index is 1.43. The highest BCUT2D eigenvalue weighted by Gasteiger charge is 2.18. The van der Waals surface area contributed by atoms with E-state index in [1.165, 1.54) is 6.92 Å². The molecule has 3 nitrogen and oxygen atoms in total. The van der Waals surface area contributed by atoms with Gasteiger partial charge in [0.05, 0.1) is 43.9 Å². The quantitative estimate of drug-likeness (QED) is 0.162. The lowest BCUT2D eigenvalue weighted by atomic mass is 9.94. The third-order valence-electron chi connectivity index (χ3n) is 8.04. The molecule has 0 atom stereocenters. The molecule has 4 heteroatoms. The van der Waals surface area contributed by atoms with E-state index in [4.69, 9.17) is 30.2 Å². The maximum absolute atomic E-state index is 10.1. The minimum absolute atomic E-state index is 0.205. The zero-order valence-electron chi connectivity index (χ0n) is 60.2. The van der Waals surface area contributed by atoms with Gasteiger partial charge in [-0.3, -0.25) is 0 Å². The van der Waals surface area contributed by atoms with Crippen molar-refractivity contribution in [1.82, 2.24) is 15.0 Å². The van der Waals surface area contributed by atoms with Gasteiger partial charge in [-0.1, -0.05) is 169 Å². The molecular formula is C52H35N3S. The van der Waals surface area contributed by atoms with Crippen molar-refractivity contribution in [3.63, 3.8) is 0 Å². The average Bonchev–Trinajstić information content (AvgIpc) is 1.44. The first-order valence-electron chi connectivity index (χ1n) is 32.2. The zero-order valence-corrected chi connectivity index (χ0v) is 29.1. The predicted octanol–water partition coefficient (Wildman–Crippen LogP) is 14.2. The number of hydrogen-bond acceptors (Lipinski definition) is 4. The molecule has 0 aliphatic rings. The van der Waals surface area contributed by atoms with Gasteiger partial charge in [-0.25, -0.2) is 15.0 Å². The summed E-state index contributed by atoms with van der Waals surface area (Å²) in [6.45, 7) is 1.25. The summed E-state index contributed by atoms with van der Waals surface area (Å²) < 4.78 is 286. The molecule has 0 radical (unpaired) electrons. The number of thiophene rings is 1. The van der Waals surface area contributed by atoms with Crippen LogP contribution in [0.15, 0.2) is 193 Å². The van der Waals surface area contributed by atoms with E-state index in [1.54, 1.807) is 0 Å². The molecule has 264 valence electrons. The number of rotatable bonds is 7. The fourth-order valence-electron chi connectivity index (χ4n) is 5.60. The van der Waals surface area contributed by atoms with Gasteiger partial charge in [-0.2, -0.15) is 0 Å². The summed E-state index contributed by atoms with van der Waals surface area (Å²) in [5, 5.41) is -1.04. The van der Waals surface area contributed by atoms with Gasteiger partial charge < -0.3 is 0 Å². The van der Waals surface area contributed by atoms with Crippen molar-refractivity contribution in [2.75, 3.05) is 0 Å². The Hall–Kier alpha value is -7.01. The minimum Gasteiger partial charge on any atom is -0.208 e. The Morgan fingerprint density at radius 1 is 0.339 bits per heavy atom. The number of hydrogen-bond donors (Lipinski definition) is 0.